The summed E-state index contributed by atoms with van der Waals surface area (Å²) in [6.07, 6.45) is 1.37. The Morgan fingerprint density at radius 2 is 1.68 bits per heavy atom. The minimum atomic E-state index is -0.832. The van der Waals surface area contributed by atoms with E-state index in [9.17, 15) is 14.7 Å². The van der Waals surface area contributed by atoms with E-state index in [0.29, 0.717) is 16.7 Å². The van der Waals surface area contributed by atoms with Crippen LogP contribution in [-0.4, -0.2) is 41.2 Å². The molecule has 0 radical (unpaired) electrons. The van der Waals surface area contributed by atoms with Crippen molar-refractivity contribution < 1.29 is 23.8 Å². The van der Waals surface area contributed by atoms with Gasteiger partial charge in [0.1, 0.15) is 12.0 Å². The number of aliphatic imine (C=N–C) groups is 1. The molecule has 0 aliphatic heterocycles. The minimum absolute atomic E-state index is 0. The first-order chi connectivity index (χ1) is 17.6. The summed E-state index contributed by atoms with van der Waals surface area (Å²) in [6.45, 7) is 0. The molecule has 200 valence electrons. The second-order valence-corrected chi connectivity index (χ2v) is 7.53. The third kappa shape index (κ3) is 6.32. The molecule has 1 amide bonds. The van der Waals surface area contributed by atoms with E-state index in [-0.39, 0.29) is 57.4 Å². The lowest BCUT2D eigenvalue weighted by atomic mass is 10.1. The predicted molar refractivity (Wildman–Crippen MR) is 146 cm³/mol. The highest BCUT2D eigenvalue weighted by molar-refractivity contribution is 6.31. The fraction of sp³-hybridized carbons (Fsp3) is 0.0870. The van der Waals surface area contributed by atoms with E-state index in [1.165, 1.54) is 25.5 Å². The molecule has 4 rings (SSSR count). The number of nitrogens with two attached hydrogens (primary N) is 4. The highest BCUT2D eigenvalue weighted by Gasteiger charge is 2.16. The number of fused-ring (bicyclic) bond motifs is 1. The van der Waals surface area contributed by atoms with Crippen molar-refractivity contribution in [2.45, 2.75) is 0 Å². The van der Waals surface area contributed by atoms with Crippen molar-refractivity contribution in [1.29, 1.82) is 0 Å². The zero-order chi connectivity index (χ0) is 27.3. The first-order valence-electron chi connectivity index (χ1n) is 10.3. The van der Waals surface area contributed by atoms with Crippen LogP contribution in [0.3, 0.4) is 0 Å². The number of rotatable bonds is 4. The topological polar surface area (TPSA) is 228 Å². The number of nitrogens with zero attached hydrogens (tertiary/aromatic N) is 3. The number of anilines is 2. The maximum absolute atomic E-state index is 12.6. The van der Waals surface area contributed by atoms with E-state index in [0.717, 1.165) is 5.56 Å². The van der Waals surface area contributed by atoms with Crippen LogP contribution >= 0.6 is 24.0 Å². The van der Waals surface area contributed by atoms with Crippen molar-refractivity contribution in [3.05, 3.63) is 63.7 Å². The number of hydrogen-bond acceptors (Lipinski definition) is 10. The van der Waals surface area contributed by atoms with Crippen LogP contribution in [0.25, 0.3) is 22.1 Å². The Labute approximate surface area is 226 Å². The molecule has 15 heteroatoms. The van der Waals surface area contributed by atoms with Crippen molar-refractivity contribution in [3.63, 3.8) is 0 Å². The van der Waals surface area contributed by atoms with Gasteiger partial charge in [-0.1, -0.05) is 23.7 Å². The van der Waals surface area contributed by atoms with Crippen LogP contribution in [0.4, 0.5) is 11.6 Å². The quantitative estimate of drug-likeness (QED) is 0.178. The highest BCUT2D eigenvalue weighted by Crippen LogP contribution is 2.34. The summed E-state index contributed by atoms with van der Waals surface area (Å²) in [5, 5.41) is 9.95. The first-order valence-corrected chi connectivity index (χ1v) is 10.6. The number of guanidine groups is 1. The number of methoxy groups -OCH3 is 2. The fourth-order valence-corrected chi connectivity index (χ4v) is 3.23. The largest absolute Gasteiger partial charge is 0.504 e. The van der Waals surface area contributed by atoms with Crippen LogP contribution in [0.15, 0.2) is 56.9 Å². The van der Waals surface area contributed by atoms with Gasteiger partial charge in [-0.3, -0.25) is 9.59 Å². The molecule has 9 N–H and O–H groups in total. The molecule has 0 fully saturated rings. The second-order valence-electron chi connectivity index (χ2n) is 7.18. The van der Waals surface area contributed by atoms with Gasteiger partial charge in [0.25, 0.3) is 0 Å². The van der Waals surface area contributed by atoms with Gasteiger partial charge < -0.3 is 41.9 Å². The van der Waals surface area contributed by atoms with Crippen molar-refractivity contribution in [2.24, 2.45) is 16.5 Å². The Morgan fingerprint density at radius 3 is 2.26 bits per heavy atom. The Bertz CT molecular complexity index is 1560. The van der Waals surface area contributed by atoms with E-state index in [2.05, 4.69) is 15.0 Å². The van der Waals surface area contributed by atoms with Crippen LogP contribution in [0.1, 0.15) is 10.5 Å². The number of benzene rings is 2. The van der Waals surface area contributed by atoms with Crippen molar-refractivity contribution in [1.82, 2.24) is 9.97 Å². The van der Waals surface area contributed by atoms with Crippen LogP contribution in [0, 0.1) is 0 Å². The van der Waals surface area contributed by atoms with Gasteiger partial charge in [0.15, 0.2) is 39.8 Å². The molecule has 38 heavy (non-hydrogen) atoms. The van der Waals surface area contributed by atoms with Crippen LogP contribution in [0.2, 0.25) is 5.15 Å². The number of halogens is 2. The molecule has 0 saturated heterocycles. The molecule has 0 aliphatic carbocycles. The number of ether oxygens (including phenoxy) is 2. The molecule has 4 aromatic rings. The average Bonchev–Trinajstić information content (AvgIpc) is 2.86. The molecule has 0 saturated carbocycles. The summed E-state index contributed by atoms with van der Waals surface area (Å²) in [6, 6.07) is 10.1. The van der Waals surface area contributed by atoms with Crippen LogP contribution in [0.5, 0.6) is 17.2 Å². The number of aromatic nitrogens is 2. The summed E-state index contributed by atoms with van der Waals surface area (Å²) < 4.78 is 15.7. The lowest BCUT2D eigenvalue weighted by Crippen LogP contribution is -2.24. The molecule has 2 heterocycles. The minimum Gasteiger partial charge on any atom is -0.504 e. The van der Waals surface area contributed by atoms with Gasteiger partial charge >= 0.3 is 5.91 Å². The van der Waals surface area contributed by atoms with Crippen molar-refractivity contribution >= 4 is 58.5 Å². The normalized spacial score (nSPS) is 9.97. The van der Waals surface area contributed by atoms with Gasteiger partial charge in [-0.25, -0.2) is 9.97 Å². The standard InChI is InChI=1S/C17H14O5.C6H8ClN7O.ClH/c1-20-11-5-3-10(4-6-11)13-9-22-16-12(15(13)19)7-8-14(18)17(16)21-2;7-2-4(9)13-3(8)1(12-2)5(15)14-6(10)11;/h3-9,18H,1-2H3;(H4,8,9,13)(H4,10,11,14,15);1H. The van der Waals surface area contributed by atoms with Gasteiger partial charge in [0, 0.05) is 0 Å². The Balaban J connectivity index is 0.000000280. The van der Waals surface area contributed by atoms with E-state index < -0.39 is 11.9 Å². The van der Waals surface area contributed by atoms with Crippen molar-refractivity contribution in [2.75, 3.05) is 25.7 Å². The summed E-state index contributed by atoms with van der Waals surface area (Å²) in [4.78, 5) is 34.4. The molecule has 0 atom stereocenters. The van der Waals surface area contributed by atoms with E-state index >= 15 is 0 Å². The molecule has 0 unspecified atom stereocenters. The third-order valence-electron chi connectivity index (χ3n) is 4.82. The van der Waals surface area contributed by atoms with Crippen LogP contribution in [-0.2, 0) is 0 Å². The second kappa shape index (κ2) is 12.5. The maximum atomic E-state index is 12.6. The summed E-state index contributed by atoms with van der Waals surface area (Å²) >= 11 is 5.55. The number of aromatic hydroxyl groups is 1. The number of phenolic OH excluding ortho intramolecular Hbond substituents is 1. The number of amides is 1. The Kier molecular flexibility index (Phi) is 9.68. The summed E-state index contributed by atoms with van der Waals surface area (Å²) in [5.74, 6) is -0.717. The Hall–Kier alpha value is -4.75. The SMILES string of the molecule is COc1ccc(-c2coc3c(OC)c(O)ccc3c2=O)cc1.Cl.NC(N)=NC(=O)c1nc(Cl)c(N)nc1N. The summed E-state index contributed by atoms with van der Waals surface area (Å²) in [5.41, 5.74) is 21.7. The molecule has 2 aromatic heterocycles. The third-order valence-corrected chi connectivity index (χ3v) is 5.10. The Morgan fingerprint density at radius 1 is 1.03 bits per heavy atom. The molecular weight excluding hydrogens is 541 g/mol. The lowest BCUT2D eigenvalue weighted by Gasteiger charge is -2.08. The number of carbonyl (C=O) groups excluding carboxylic acids is 1. The smallest absolute Gasteiger partial charge is 0.302 e. The highest BCUT2D eigenvalue weighted by atomic mass is 35.5. The van der Waals surface area contributed by atoms with Gasteiger partial charge in [-0.05, 0) is 29.8 Å². The molecule has 0 spiro atoms. The molecule has 2 aromatic carbocycles. The zero-order valence-corrected chi connectivity index (χ0v) is 21.5. The molecule has 13 nitrogen and oxygen atoms in total. The van der Waals surface area contributed by atoms with Crippen LogP contribution < -0.4 is 37.8 Å². The molecule has 0 aliphatic rings. The number of nitrogen functional groups attached to an aromatic ring is 2. The van der Waals surface area contributed by atoms with Gasteiger partial charge in [-0.15, -0.1) is 12.4 Å². The van der Waals surface area contributed by atoms with Gasteiger partial charge in [0.05, 0.1) is 25.2 Å². The maximum Gasteiger partial charge on any atom is 0.302 e. The first kappa shape index (κ1) is 29.5. The average molecular weight is 564 g/mol. The van der Waals surface area contributed by atoms with Gasteiger partial charge in [0.2, 0.25) is 11.2 Å². The zero-order valence-electron chi connectivity index (χ0n) is 20.0. The van der Waals surface area contributed by atoms with E-state index in [4.69, 9.17) is 48.4 Å². The van der Waals surface area contributed by atoms with E-state index in [1.807, 2.05) is 0 Å². The van der Waals surface area contributed by atoms with Gasteiger partial charge in [-0.2, -0.15) is 4.99 Å². The summed E-state index contributed by atoms with van der Waals surface area (Å²) in [7, 11) is 2.99. The fourth-order valence-electron chi connectivity index (χ4n) is 3.10. The predicted octanol–water partition coefficient (Wildman–Crippen LogP) is 2.31. The number of carbonyl (C=O) groups is 1. The lowest BCUT2D eigenvalue weighted by molar-refractivity contribution is 0.0998. The van der Waals surface area contributed by atoms with E-state index in [1.54, 1.807) is 31.4 Å². The molecule has 0 bridgehead atoms. The monoisotopic (exact) mass is 563 g/mol. The van der Waals surface area contributed by atoms with Crippen molar-refractivity contribution in [3.8, 4) is 28.4 Å². The number of phenols is 1. The molecular formula is C23H23Cl2N7O6. The number of hydrogen-bond donors (Lipinski definition) is 5.